The van der Waals surface area contributed by atoms with Crippen molar-refractivity contribution in [2.24, 2.45) is 5.73 Å². The minimum Gasteiger partial charge on any atom is -0.465 e. The van der Waals surface area contributed by atoms with E-state index < -0.39 is 29.2 Å². The van der Waals surface area contributed by atoms with Gasteiger partial charge in [-0.15, -0.1) is 0 Å². The SMILES string of the molecule is COC(=O)C1=C(N)Oc2cc(C)[nH]c(=O)c2C1c1ccc(C(F)(F)F)cc1. The van der Waals surface area contributed by atoms with Crippen LogP contribution >= 0.6 is 0 Å². The third kappa shape index (κ3) is 3.27. The number of aromatic amines is 1. The van der Waals surface area contributed by atoms with Gasteiger partial charge >= 0.3 is 12.1 Å². The van der Waals surface area contributed by atoms with E-state index in [-0.39, 0.29) is 28.3 Å². The number of rotatable bonds is 2. The molecular formula is C18H15F3N2O4. The Balaban J connectivity index is 2.23. The van der Waals surface area contributed by atoms with Gasteiger partial charge in [0.25, 0.3) is 5.56 Å². The number of carbonyl (C=O) groups is 1. The maximum Gasteiger partial charge on any atom is 0.416 e. The smallest absolute Gasteiger partial charge is 0.416 e. The third-order valence-corrected chi connectivity index (χ3v) is 4.21. The molecule has 1 aromatic carbocycles. The van der Waals surface area contributed by atoms with Crippen LogP contribution in [0.15, 0.2) is 46.6 Å². The number of halogens is 3. The van der Waals surface area contributed by atoms with Crippen LogP contribution in [0.2, 0.25) is 0 Å². The van der Waals surface area contributed by atoms with Crippen molar-refractivity contribution in [1.82, 2.24) is 4.98 Å². The van der Waals surface area contributed by atoms with Crippen molar-refractivity contribution in [3.05, 3.63) is 74.5 Å². The van der Waals surface area contributed by atoms with E-state index in [9.17, 15) is 22.8 Å². The summed E-state index contributed by atoms with van der Waals surface area (Å²) < 4.78 is 48.7. The van der Waals surface area contributed by atoms with Gasteiger partial charge in [0.15, 0.2) is 0 Å². The zero-order valence-corrected chi connectivity index (χ0v) is 14.3. The number of ether oxygens (including phenoxy) is 2. The number of methoxy groups -OCH3 is 1. The van der Waals surface area contributed by atoms with Crippen molar-refractivity contribution in [3.8, 4) is 5.75 Å². The molecule has 27 heavy (non-hydrogen) atoms. The number of fused-ring (bicyclic) bond motifs is 1. The number of alkyl halides is 3. The monoisotopic (exact) mass is 380 g/mol. The second-order valence-electron chi connectivity index (χ2n) is 5.98. The number of carbonyl (C=O) groups excluding carboxylic acids is 1. The first-order chi connectivity index (χ1) is 12.6. The Morgan fingerprint density at radius 1 is 1.26 bits per heavy atom. The number of nitrogens with one attached hydrogen (secondary N) is 1. The Hall–Kier alpha value is -3.23. The van der Waals surface area contributed by atoms with Gasteiger partial charge in [-0.2, -0.15) is 13.2 Å². The van der Waals surface area contributed by atoms with E-state index in [4.69, 9.17) is 15.2 Å². The highest BCUT2D eigenvalue weighted by molar-refractivity contribution is 5.92. The summed E-state index contributed by atoms with van der Waals surface area (Å²) in [6.45, 7) is 1.63. The van der Waals surface area contributed by atoms with E-state index >= 15 is 0 Å². The fourth-order valence-electron chi connectivity index (χ4n) is 3.01. The van der Waals surface area contributed by atoms with E-state index in [1.165, 1.54) is 18.2 Å². The fourth-order valence-corrected chi connectivity index (χ4v) is 3.01. The van der Waals surface area contributed by atoms with E-state index in [2.05, 4.69) is 4.98 Å². The molecule has 1 aliphatic rings. The summed E-state index contributed by atoms with van der Waals surface area (Å²) in [7, 11) is 1.13. The molecule has 0 saturated heterocycles. The summed E-state index contributed by atoms with van der Waals surface area (Å²) in [4.78, 5) is 27.4. The molecular weight excluding hydrogens is 365 g/mol. The van der Waals surface area contributed by atoms with Gasteiger partial charge in [-0.1, -0.05) is 12.1 Å². The Kier molecular flexibility index (Phi) is 4.46. The lowest BCUT2D eigenvalue weighted by molar-refractivity contribution is -0.138. The van der Waals surface area contributed by atoms with Gasteiger partial charge < -0.3 is 20.2 Å². The minimum absolute atomic E-state index is 0.0648. The number of hydrogen-bond donors (Lipinski definition) is 2. The van der Waals surface area contributed by atoms with Gasteiger partial charge in [-0.05, 0) is 24.6 Å². The quantitative estimate of drug-likeness (QED) is 0.781. The van der Waals surface area contributed by atoms with Gasteiger partial charge in [0, 0.05) is 11.8 Å². The van der Waals surface area contributed by atoms with Crippen molar-refractivity contribution < 1.29 is 27.4 Å². The average Bonchev–Trinajstić information content (AvgIpc) is 2.59. The molecule has 6 nitrogen and oxygen atoms in total. The minimum atomic E-state index is -4.51. The van der Waals surface area contributed by atoms with Crippen LogP contribution in [0.3, 0.4) is 0 Å². The zero-order chi connectivity index (χ0) is 19.9. The summed E-state index contributed by atoms with van der Waals surface area (Å²) in [6.07, 6.45) is -4.51. The highest BCUT2D eigenvalue weighted by atomic mass is 19.4. The summed E-state index contributed by atoms with van der Waals surface area (Å²) in [6, 6.07) is 5.65. The lowest BCUT2D eigenvalue weighted by Gasteiger charge is -2.27. The number of hydrogen-bond acceptors (Lipinski definition) is 5. The van der Waals surface area contributed by atoms with Crippen LogP contribution in [0.5, 0.6) is 5.75 Å². The summed E-state index contributed by atoms with van der Waals surface area (Å²) >= 11 is 0. The summed E-state index contributed by atoms with van der Waals surface area (Å²) in [5, 5.41) is 0. The number of esters is 1. The molecule has 142 valence electrons. The Labute approximate surface area is 151 Å². The second kappa shape index (κ2) is 6.49. The topological polar surface area (TPSA) is 94.4 Å². The number of pyridine rings is 1. The van der Waals surface area contributed by atoms with E-state index in [1.807, 2.05) is 0 Å². The van der Waals surface area contributed by atoms with Gasteiger partial charge in [0.1, 0.15) is 11.3 Å². The molecule has 3 rings (SSSR count). The van der Waals surface area contributed by atoms with Crippen molar-refractivity contribution in [2.75, 3.05) is 7.11 Å². The molecule has 0 radical (unpaired) electrons. The van der Waals surface area contributed by atoms with Crippen LogP contribution in [0.4, 0.5) is 13.2 Å². The largest absolute Gasteiger partial charge is 0.465 e. The van der Waals surface area contributed by atoms with E-state index in [0.29, 0.717) is 5.69 Å². The van der Waals surface area contributed by atoms with Crippen molar-refractivity contribution in [3.63, 3.8) is 0 Å². The zero-order valence-electron chi connectivity index (χ0n) is 14.3. The van der Waals surface area contributed by atoms with Gasteiger partial charge in [-0.3, -0.25) is 4.79 Å². The van der Waals surface area contributed by atoms with Gasteiger partial charge in [0.2, 0.25) is 5.88 Å². The van der Waals surface area contributed by atoms with Crippen molar-refractivity contribution in [1.29, 1.82) is 0 Å². The van der Waals surface area contributed by atoms with Crippen LogP contribution in [0, 0.1) is 6.92 Å². The van der Waals surface area contributed by atoms with Gasteiger partial charge in [0.05, 0.1) is 24.2 Å². The number of H-pyrrole nitrogens is 1. The highest BCUT2D eigenvalue weighted by Gasteiger charge is 2.38. The fraction of sp³-hybridized carbons (Fsp3) is 0.222. The molecule has 0 spiro atoms. The first kappa shape index (κ1) is 18.6. The van der Waals surface area contributed by atoms with E-state index in [0.717, 1.165) is 19.2 Å². The summed E-state index contributed by atoms with van der Waals surface area (Å²) in [5.74, 6) is -2.02. The predicted molar refractivity (Wildman–Crippen MR) is 88.9 cm³/mol. The number of benzene rings is 1. The summed E-state index contributed by atoms with van der Waals surface area (Å²) in [5.41, 5.74) is 5.15. The molecule has 0 bridgehead atoms. The number of nitrogens with two attached hydrogens (primary N) is 1. The predicted octanol–water partition coefficient (Wildman–Crippen LogP) is 2.57. The van der Waals surface area contributed by atoms with Crippen molar-refractivity contribution >= 4 is 5.97 Å². The molecule has 1 aliphatic heterocycles. The number of aromatic nitrogens is 1. The normalized spacial score (nSPS) is 16.6. The molecule has 0 aliphatic carbocycles. The second-order valence-corrected chi connectivity index (χ2v) is 5.98. The molecule has 1 atom stereocenters. The molecule has 0 amide bonds. The molecule has 0 saturated carbocycles. The van der Waals surface area contributed by atoms with Crippen LogP contribution < -0.4 is 16.0 Å². The maximum atomic E-state index is 12.9. The van der Waals surface area contributed by atoms with Crippen molar-refractivity contribution in [2.45, 2.75) is 19.0 Å². The standard InChI is InChI=1S/C18H15F3N2O4/c1-8-7-11-13(16(24)23-8)12(14(15(22)27-11)17(25)26-2)9-3-5-10(6-4-9)18(19,20)21/h3-7,12H,22H2,1-2H3,(H,23,24). The molecule has 2 heterocycles. The highest BCUT2D eigenvalue weighted by Crippen LogP contribution is 2.41. The molecule has 2 aromatic rings. The Morgan fingerprint density at radius 2 is 1.89 bits per heavy atom. The first-order valence-corrected chi connectivity index (χ1v) is 7.80. The first-order valence-electron chi connectivity index (χ1n) is 7.80. The van der Waals surface area contributed by atoms with Crippen LogP contribution in [0.1, 0.15) is 28.3 Å². The lowest BCUT2D eigenvalue weighted by atomic mass is 9.83. The van der Waals surface area contributed by atoms with E-state index in [1.54, 1.807) is 6.92 Å². The van der Waals surface area contributed by atoms with Crippen LogP contribution in [-0.4, -0.2) is 18.1 Å². The molecule has 1 unspecified atom stereocenters. The number of aryl methyl sites for hydroxylation is 1. The van der Waals surface area contributed by atoms with Crippen LogP contribution in [-0.2, 0) is 15.7 Å². The third-order valence-electron chi connectivity index (χ3n) is 4.21. The molecule has 9 heteroatoms. The van der Waals surface area contributed by atoms with Crippen LogP contribution in [0.25, 0.3) is 0 Å². The lowest BCUT2D eigenvalue weighted by Crippen LogP contribution is -2.31. The Bertz CT molecular complexity index is 991. The van der Waals surface area contributed by atoms with Gasteiger partial charge in [-0.25, -0.2) is 4.79 Å². The molecule has 0 fully saturated rings. The molecule has 1 aromatic heterocycles. The Morgan fingerprint density at radius 3 is 2.44 bits per heavy atom. The maximum absolute atomic E-state index is 12.9. The average molecular weight is 380 g/mol. The molecule has 3 N–H and O–H groups in total.